The Morgan fingerprint density at radius 3 is 2.54 bits per heavy atom. The van der Waals surface area contributed by atoms with Crippen LogP contribution in [0.15, 0.2) is 55.0 Å². The van der Waals surface area contributed by atoms with Gasteiger partial charge in [-0.15, -0.1) is 0 Å². The van der Waals surface area contributed by atoms with E-state index in [0.29, 0.717) is 29.8 Å². The Labute approximate surface area is 343 Å². The van der Waals surface area contributed by atoms with Crippen LogP contribution in [-0.4, -0.2) is 108 Å². The molecule has 4 aromatic rings. The lowest BCUT2D eigenvalue weighted by atomic mass is 9.99. The second-order valence-corrected chi connectivity index (χ2v) is 15.1. The SMILES string of the molecule is Nc1ncnc2c1ccn2[C@@H]1O[C@H]([C@H](O)c2ccc(Cl)c(OCC(=O)NCCCCCCCCNc3cccc4c3C(=O)N(C3CCC(=O)NC3=O)C4=O)c2)[C@@H](O)[C@H]1O. The molecule has 5 heterocycles. The van der Waals surface area contributed by atoms with Crippen molar-refractivity contribution in [1.29, 1.82) is 0 Å². The minimum Gasteiger partial charge on any atom is -0.482 e. The fraction of sp³-hybridized carbons (Fsp3) is 0.425. The summed E-state index contributed by atoms with van der Waals surface area (Å²) in [7, 11) is 0. The van der Waals surface area contributed by atoms with Crippen molar-refractivity contribution < 1.29 is 48.8 Å². The summed E-state index contributed by atoms with van der Waals surface area (Å²) in [6.07, 6.45) is 1.81. The number of halogens is 1. The molecule has 8 N–H and O–H groups in total. The minimum absolute atomic E-state index is 0.0577. The highest BCUT2D eigenvalue weighted by molar-refractivity contribution is 6.32. The van der Waals surface area contributed by atoms with Gasteiger partial charge in [-0.3, -0.25) is 34.2 Å². The first-order valence-electron chi connectivity index (χ1n) is 19.5. The van der Waals surface area contributed by atoms with Gasteiger partial charge in [0.2, 0.25) is 11.8 Å². The van der Waals surface area contributed by atoms with Crippen LogP contribution in [0, 0.1) is 0 Å². The molecule has 7 rings (SSSR count). The molecule has 59 heavy (non-hydrogen) atoms. The molecule has 2 aromatic heterocycles. The summed E-state index contributed by atoms with van der Waals surface area (Å²) in [4.78, 5) is 71.9. The van der Waals surface area contributed by atoms with Crippen LogP contribution in [0.4, 0.5) is 11.5 Å². The van der Waals surface area contributed by atoms with Crippen LogP contribution in [0.25, 0.3) is 11.0 Å². The maximum absolute atomic E-state index is 13.3. The molecule has 5 amide bonds. The maximum Gasteiger partial charge on any atom is 0.264 e. The minimum atomic E-state index is -1.46. The first kappa shape index (κ1) is 41.5. The molecule has 1 unspecified atom stereocenters. The molecular weight excluding hydrogens is 788 g/mol. The number of imide groups is 2. The Hall–Kier alpha value is -5.66. The van der Waals surface area contributed by atoms with E-state index < -0.39 is 60.3 Å². The van der Waals surface area contributed by atoms with Gasteiger partial charge >= 0.3 is 0 Å². The number of nitrogen functional groups attached to an aromatic ring is 1. The molecule has 0 radical (unpaired) electrons. The van der Waals surface area contributed by atoms with Crippen molar-refractivity contribution in [2.24, 2.45) is 0 Å². The van der Waals surface area contributed by atoms with Gasteiger partial charge in [0, 0.05) is 31.4 Å². The lowest BCUT2D eigenvalue weighted by molar-refractivity contribution is -0.136. The summed E-state index contributed by atoms with van der Waals surface area (Å²) in [5.41, 5.74) is 7.61. The number of anilines is 2. The van der Waals surface area contributed by atoms with Gasteiger partial charge in [0.25, 0.3) is 17.7 Å². The third-order valence-electron chi connectivity index (χ3n) is 10.8. The zero-order chi connectivity index (χ0) is 41.8. The van der Waals surface area contributed by atoms with Gasteiger partial charge in [0.15, 0.2) is 12.8 Å². The molecule has 2 saturated heterocycles. The number of nitrogens with one attached hydrogen (secondary N) is 3. The molecule has 0 spiro atoms. The molecule has 6 atom stereocenters. The Morgan fingerprint density at radius 1 is 1.00 bits per heavy atom. The Morgan fingerprint density at radius 2 is 1.76 bits per heavy atom. The van der Waals surface area contributed by atoms with Crippen LogP contribution < -0.4 is 26.4 Å². The first-order valence-corrected chi connectivity index (χ1v) is 19.9. The highest BCUT2D eigenvalue weighted by Crippen LogP contribution is 2.39. The van der Waals surface area contributed by atoms with Crippen LogP contribution >= 0.6 is 11.6 Å². The highest BCUT2D eigenvalue weighted by Gasteiger charge is 2.48. The molecule has 0 aliphatic carbocycles. The van der Waals surface area contributed by atoms with E-state index in [1.165, 1.54) is 29.1 Å². The van der Waals surface area contributed by atoms with E-state index in [1.807, 2.05) is 0 Å². The quantitative estimate of drug-likeness (QED) is 0.0596. The molecule has 312 valence electrons. The lowest BCUT2D eigenvalue weighted by Gasteiger charge is -2.27. The lowest BCUT2D eigenvalue weighted by Crippen LogP contribution is -2.54. The van der Waals surface area contributed by atoms with E-state index in [0.717, 1.165) is 43.4 Å². The van der Waals surface area contributed by atoms with Gasteiger partial charge in [-0.05, 0) is 55.2 Å². The third-order valence-corrected chi connectivity index (χ3v) is 11.1. The molecule has 19 heteroatoms. The number of hydrogen-bond acceptors (Lipinski definition) is 14. The number of aromatic nitrogens is 3. The number of aliphatic hydroxyl groups is 3. The molecular formula is C40H45ClN8O10. The second kappa shape index (κ2) is 18.1. The molecule has 3 aliphatic heterocycles. The van der Waals surface area contributed by atoms with E-state index in [1.54, 1.807) is 30.5 Å². The fourth-order valence-corrected chi connectivity index (χ4v) is 7.81. The molecule has 0 bridgehead atoms. The predicted octanol–water partition coefficient (Wildman–Crippen LogP) is 2.37. The molecule has 3 aliphatic rings. The topological polar surface area (TPSA) is 261 Å². The first-order chi connectivity index (χ1) is 28.4. The summed E-state index contributed by atoms with van der Waals surface area (Å²) in [6, 6.07) is 10.1. The van der Waals surface area contributed by atoms with Gasteiger partial charge < -0.3 is 45.7 Å². The number of rotatable bonds is 17. The van der Waals surface area contributed by atoms with Crippen molar-refractivity contribution in [2.75, 3.05) is 30.7 Å². The third kappa shape index (κ3) is 8.72. The van der Waals surface area contributed by atoms with E-state index in [2.05, 4.69) is 25.9 Å². The molecule has 18 nitrogen and oxygen atoms in total. The van der Waals surface area contributed by atoms with Crippen molar-refractivity contribution >= 4 is 63.7 Å². The fourth-order valence-electron chi connectivity index (χ4n) is 7.64. The van der Waals surface area contributed by atoms with E-state index in [4.69, 9.17) is 26.8 Å². The standard InChI is InChI=1S/C40H45ClN8O10/c41-24-11-10-21(31(52)34-32(53)33(54)40(59-34)48-17-14-23-35(42)45-20-46-36(23)48)18-27(24)58-19-29(51)44-16-6-4-2-1-3-5-15-43-25-9-7-8-22-30(25)39(57)49(38(22)56)26-12-13-28(50)47-37(26)55/h7-11,14,17-18,20,26,31-34,40,43,52-54H,1-6,12-13,15-16,19H2,(H,44,51)(H2,42,45,46)(H,47,50,55)/t26?,31-,32+,33-,34-,40-/m1/s1. The van der Waals surface area contributed by atoms with Gasteiger partial charge in [-0.2, -0.15) is 0 Å². The molecule has 2 aromatic carbocycles. The molecule has 2 fully saturated rings. The number of ether oxygens (including phenoxy) is 2. The van der Waals surface area contributed by atoms with Crippen molar-refractivity contribution in [3.05, 3.63) is 76.7 Å². The van der Waals surface area contributed by atoms with Crippen molar-refractivity contribution in [1.82, 2.24) is 30.1 Å². The summed E-state index contributed by atoms with van der Waals surface area (Å²) in [5, 5.41) is 41.9. The second-order valence-electron chi connectivity index (χ2n) is 14.7. The van der Waals surface area contributed by atoms with Crippen LogP contribution in [-0.2, 0) is 19.1 Å². The number of carbonyl (C=O) groups excluding carboxylic acids is 5. The number of piperidine rings is 1. The Kier molecular flexibility index (Phi) is 12.7. The highest BCUT2D eigenvalue weighted by atomic mass is 35.5. The smallest absolute Gasteiger partial charge is 0.264 e. The normalized spacial score (nSPS) is 22.1. The predicted molar refractivity (Wildman–Crippen MR) is 212 cm³/mol. The number of fused-ring (bicyclic) bond motifs is 2. The van der Waals surface area contributed by atoms with Crippen LogP contribution in [0.5, 0.6) is 5.75 Å². The van der Waals surface area contributed by atoms with Crippen molar-refractivity contribution in [3.63, 3.8) is 0 Å². The van der Waals surface area contributed by atoms with Crippen LogP contribution in [0.2, 0.25) is 5.02 Å². The van der Waals surface area contributed by atoms with Gasteiger partial charge in [0.05, 0.1) is 21.5 Å². The summed E-state index contributed by atoms with van der Waals surface area (Å²) >= 11 is 6.33. The zero-order valence-corrected chi connectivity index (χ0v) is 32.6. The monoisotopic (exact) mass is 832 g/mol. The molecule has 0 saturated carbocycles. The number of aliphatic hydroxyl groups excluding tert-OH is 3. The largest absolute Gasteiger partial charge is 0.482 e. The number of nitrogens with zero attached hydrogens (tertiary/aromatic N) is 4. The van der Waals surface area contributed by atoms with Gasteiger partial charge in [-0.25, -0.2) is 9.97 Å². The van der Waals surface area contributed by atoms with Crippen LogP contribution in [0.1, 0.15) is 90.0 Å². The Balaban J connectivity index is 0.790. The van der Waals surface area contributed by atoms with Gasteiger partial charge in [0.1, 0.15) is 54.0 Å². The average molecular weight is 833 g/mol. The summed E-state index contributed by atoms with van der Waals surface area (Å²) in [6.45, 7) is 0.713. The maximum atomic E-state index is 13.3. The zero-order valence-electron chi connectivity index (χ0n) is 31.9. The Bertz CT molecular complexity index is 2250. The number of nitrogens with two attached hydrogens (primary N) is 1. The average Bonchev–Trinajstić information content (AvgIpc) is 3.86. The number of carbonyl (C=O) groups is 5. The van der Waals surface area contributed by atoms with E-state index >= 15 is 0 Å². The van der Waals surface area contributed by atoms with Crippen molar-refractivity contribution in [3.8, 4) is 5.75 Å². The van der Waals surface area contributed by atoms with Crippen LogP contribution in [0.3, 0.4) is 0 Å². The summed E-state index contributed by atoms with van der Waals surface area (Å²) < 4.78 is 13.1. The van der Waals surface area contributed by atoms with Crippen molar-refractivity contribution in [2.45, 2.75) is 88.1 Å². The number of benzene rings is 2. The van der Waals surface area contributed by atoms with E-state index in [-0.39, 0.29) is 58.6 Å². The number of hydrogen-bond donors (Lipinski definition) is 7. The summed E-state index contributed by atoms with van der Waals surface area (Å²) in [5.74, 6) is -2.12. The van der Waals surface area contributed by atoms with Gasteiger partial charge in [-0.1, -0.05) is 49.4 Å². The number of amides is 5. The number of unbranched alkanes of at least 4 members (excludes halogenated alkanes) is 5. The van der Waals surface area contributed by atoms with E-state index in [9.17, 15) is 39.3 Å².